The molecule has 0 fully saturated rings. The van der Waals surface area contributed by atoms with Gasteiger partial charge in [-0.05, 0) is 19.9 Å². The zero-order valence-corrected chi connectivity index (χ0v) is 13.0. The van der Waals surface area contributed by atoms with Gasteiger partial charge in [0.15, 0.2) is 0 Å². The lowest BCUT2D eigenvalue weighted by molar-refractivity contribution is 0.0925. The van der Waals surface area contributed by atoms with Gasteiger partial charge >= 0.3 is 0 Å². The standard InChI is InChI=1S/C12H14ClN5O2S/c1-6(5-19)15-10(20)9-7(2)16-11(21-9)8-3-4-14-12(17-8)18-13/h3-4,6,19H,5H2,1-2H3,(H,15,20)(H,14,17,18)/t6-/m0/s1. The van der Waals surface area contributed by atoms with Gasteiger partial charge in [0.2, 0.25) is 5.95 Å². The number of carbonyl (C=O) groups excluding carboxylic acids is 1. The predicted octanol–water partition coefficient (Wildman–Crippen LogP) is 1.58. The number of hydrogen-bond acceptors (Lipinski definition) is 7. The molecule has 0 aliphatic rings. The fourth-order valence-electron chi connectivity index (χ4n) is 1.57. The summed E-state index contributed by atoms with van der Waals surface area (Å²) in [6.45, 7) is 3.35. The molecule has 2 aromatic rings. The first-order chi connectivity index (χ1) is 10.0. The second-order valence-corrected chi connectivity index (χ2v) is 5.54. The van der Waals surface area contributed by atoms with Crippen molar-refractivity contribution in [2.75, 3.05) is 11.4 Å². The first-order valence-corrected chi connectivity index (χ1v) is 7.33. The first kappa shape index (κ1) is 15.6. The molecule has 0 bridgehead atoms. The molecular formula is C12H14ClN5O2S. The Morgan fingerprint density at radius 3 is 2.95 bits per heavy atom. The van der Waals surface area contributed by atoms with Gasteiger partial charge in [0.05, 0.1) is 12.3 Å². The summed E-state index contributed by atoms with van der Waals surface area (Å²) in [4.78, 5) is 27.3. The van der Waals surface area contributed by atoms with E-state index in [2.05, 4.69) is 25.1 Å². The highest BCUT2D eigenvalue weighted by molar-refractivity contribution is 7.17. The van der Waals surface area contributed by atoms with Crippen LogP contribution in [0, 0.1) is 6.92 Å². The number of thiazole rings is 1. The number of rotatable bonds is 5. The van der Waals surface area contributed by atoms with E-state index in [4.69, 9.17) is 16.9 Å². The van der Waals surface area contributed by atoms with Crippen LogP contribution in [-0.2, 0) is 0 Å². The Kier molecular flexibility index (Phi) is 5.05. The van der Waals surface area contributed by atoms with Gasteiger partial charge in [-0.15, -0.1) is 11.3 Å². The summed E-state index contributed by atoms with van der Waals surface area (Å²) < 4.78 is 0. The van der Waals surface area contributed by atoms with E-state index in [0.29, 0.717) is 21.3 Å². The molecule has 112 valence electrons. The topological polar surface area (TPSA) is 100 Å². The van der Waals surface area contributed by atoms with Gasteiger partial charge in [0, 0.05) is 24.0 Å². The maximum Gasteiger partial charge on any atom is 0.263 e. The van der Waals surface area contributed by atoms with Crippen LogP contribution in [0.15, 0.2) is 12.3 Å². The zero-order valence-electron chi connectivity index (χ0n) is 11.4. The van der Waals surface area contributed by atoms with Crippen LogP contribution in [-0.4, -0.2) is 38.6 Å². The second-order valence-electron chi connectivity index (χ2n) is 4.35. The molecule has 0 saturated carbocycles. The molecule has 0 unspecified atom stereocenters. The van der Waals surface area contributed by atoms with Crippen LogP contribution < -0.4 is 10.2 Å². The molecule has 2 aromatic heterocycles. The van der Waals surface area contributed by atoms with Crippen LogP contribution in [0.25, 0.3) is 10.7 Å². The van der Waals surface area contributed by atoms with Crippen LogP contribution in [0.1, 0.15) is 22.3 Å². The van der Waals surface area contributed by atoms with E-state index < -0.39 is 0 Å². The average Bonchev–Trinajstić information content (AvgIpc) is 2.89. The van der Waals surface area contributed by atoms with Crippen molar-refractivity contribution in [1.82, 2.24) is 20.3 Å². The number of carbonyl (C=O) groups is 1. The highest BCUT2D eigenvalue weighted by atomic mass is 35.5. The van der Waals surface area contributed by atoms with E-state index in [1.807, 2.05) is 0 Å². The average molecular weight is 328 g/mol. The number of anilines is 1. The van der Waals surface area contributed by atoms with Crippen molar-refractivity contribution in [2.45, 2.75) is 19.9 Å². The smallest absolute Gasteiger partial charge is 0.263 e. The first-order valence-electron chi connectivity index (χ1n) is 6.14. The molecule has 1 atom stereocenters. The van der Waals surface area contributed by atoms with Gasteiger partial charge in [0.1, 0.15) is 15.6 Å². The number of nitrogens with one attached hydrogen (secondary N) is 2. The van der Waals surface area contributed by atoms with Crippen molar-refractivity contribution in [3.05, 3.63) is 22.8 Å². The Bertz CT molecular complexity index is 648. The molecule has 3 N–H and O–H groups in total. The molecule has 1 amide bonds. The van der Waals surface area contributed by atoms with Crippen LogP contribution in [0.4, 0.5) is 5.95 Å². The monoisotopic (exact) mass is 327 g/mol. The Labute approximate surface area is 130 Å². The highest BCUT2D eigenvalue weighted by Gasteiger charge is 2.18. The number of nitrogens with zero attached hydrogens (tertiary/aromatic N) is 3. The second kappa shape index (κ2) is 6.79. The van der Waals surface area contributed by atoms with Crippen molar-refractivity contribution < 1.29 is 9.90 Å². The number of amides is 1. The van der Waals surface area contributed by atoms with E-state index in [1.165, 1.54) is 11.3 Å². The van der Waals surface area contributed by atoms with E-state index >= 15 is 0 Å². The SMILES string of the molecule is Cc1nc(-c2ccnc(NCl)n2)sc1C(=O)N[C@@H](C)CO. The minimum Gasteiger partial charge on any atom is -0.394 e. The van der Waals surface area contributed by atoms with E-state index in [9.17, 15) is 4.79 Å². The summed E-state index contributed by atoms with van der Waals surface area (Å²) in [6.07, 6.45) is 1.55. The molecule has 21 heavy (non-hydrogen) atoms. The largest absolute Gasteiger partial charge is 0.394 e. The van der Waals surface area contributed by atoms with Crippen LogP contribution in [0.2, 0.25) is 0 Å². The summed E-state index contributed by atoms with van der Waals surface area (Å²) in [5.74, 6) is 0.00414. The molecule has 0 saturated heterocycles. The van der Waals surface area contributed by atoms with Gasteiger partial charge in [-0.3, -0.25) is 9.63 Å². The third-order valence-corrected chi connectivity index (χ3v) is 3.96. The normalized spacial score (nSPS) is 12.0. The molecular weight excluding hydrogens is 314 g/mol. The predicted molar refractivity (Wildman–Crippen MR) is 81.4 cm³/mol. The molecule has 0 radical (unpaired) electrons. The molecule has 2 heterocycles. The molecule has 9 heteroatoms. The number of aliphatic hydroxyl groups excluding tert-OH is 1. The molecule has 2 rings (SSSR count). The summed E-state index contributed by atoms with van der Waals surface area (Å²) in [7, 11) is 0. The van der Waals surface area contributed by atoms with Gasteiger partial charge in [-0.1, -0.05) is 0 Å². The van der Waals surface area contributed by atoms with Crippen molar-refractivity contribution in [3.63, 3.8) is 0 Å². The summed E-state index contributed by atoms with van der Waals surface area (Å²) in [6, 6.07) is 1.38. The Balaban J connectivity index is 2.28. The Morgan fingerprint density at radius 1 is 1.52 bits per heavy atom. The van der Waals surface area contributed by atoms with Crippen molar-refractivity contribution in [3.8, 4) is 10.7 Å². The number of halogens is 1. The Morgan fingerprint density at radius 2 is 2.29 bits per heavy atom. The van der Waals surface area contributed by atoms with E-state index in [-0.39, 0.29) is 24.5 Å². The number of aryl methyl sites for hydroxylation is 1. The van der Waals surface area contributed by atoms with E-state index in [1.54, 1.807) is 26.1 Å². The van der Waals surface area contributed by atoms with Crippen molar-refractivity contribution in [2.24, 2.45) is 0 Å². The van der Waals surface area contributed by atoms with Crippen LogP contribution in [0.3, 0.4) is 0 Å². The fourth-order valence-corrected chi connectivity index (χ4v) is 2.61. The van der Waals surface area contributed by atoms with Crippen LogP contribution in [0.5, 0.6) is 0 Å². The molecule has 0 aliphatic heterocycles. The van der Waals surface area contributed by atoms with Crippen molar-refractivity contribution >= 4 is 35.0 Å². The Hall–Kier alpha value is -1.77. The maximum absolute atomic E-state index is 12.1. The minimum absolute atomic E-state index is 0.118. The summed E-state index contributed by atoms with van der Waals surface area (Å²) in [5.41, 5.74) is 1.19. The molecule has 0 aromatic carbocycles. The number of aromatic nitrogens is 3. The summed E-state index contributed by atoms with van der Waals surface area (Å²) in [5, 5.41) is 12.3. The zero-order chi connectivity index (χ0) is 15.4. The molecule has 7 nitrogen and oxygen atoms in total. The highest BCUT2D eigenvalue weighted by Crippen LogP contribution is 2.27. The minimum atomic E-state index is -0.312. The van der Waals surface area contributed by atoms with Gasteiger partial charge in [-0.2, -0.15) is 0 Å². The lowest BCUT2D eigenvalue weighted by atomic mass is 10.3. The van der Waals surface area contributed by atoms with Gasteiger partial charge in [0.25, 0.3) is 5.91 Å². The number of hydrogen-bond donors (Lipinski definition) is 3. The quantitative estimate of drug-likeness (QED) is 0.721. The number of aliphatic hydroxyl groups is 1. The van der Waals surface area contributed by atoms with Crippen LogP contribution >= 0.6 is 23.1 Å². The van der Waals surface area contributed by atoms with Crippen molar-refractivity contribution in [1.29, 1.82) is 0 Å². The third kappa shape index (κ3) is 3.66. The van der Waals surface area contributed by atoms with E-state index in [0.717, 1.165) is 0 Å². The third-order valence-electron chi connectivity index (χ3n) is 2.61. The van der Waals surface area contributed by atoms with Gasteiger partial charge in [-0.25, -0.2) is 15.0 Å². The lowest BCUT2D eigenvalue weighted by Crippen LogP contribution is -2.34. The lowest BCUT2D eigenvalue weighted by Gasteiger charge is -2.09. The fraction of sp³-hybridized carbons (Fsp3) is 0.333. The van der Waals surface area contributed by atoms with Gasteiger partial charge < -0.3 is 10.4 Å². The summed E-state index contributed by atoms with van der Waals surface area (Å²) >= 11 is 6.69. The molecule has 0 aliphatic carbocycles. The molecule has 0 spiro atoms. The maximum atomic E-state index is 12.1.